The van der Waals surface area contributed by atoms with Crippen molar-refractivity contribution in [2.45, 2.75) is 25.7 Å². The second-order valence-electron chi connectivity index (χ2n) is 4.57. The third kappa shape index (κ3) is 2.32. The topological polar surface area (TPSA) is 41.1 Å². The van der Waals surface area contributed by atoms with Crippen molar-refractivity contribution >= 4 is 5.82 Å². The van der Waals surface area contributed by atoms with Gasteiger partial charge in [0.2, 0.25) is 0 Å². The van der Waals surface area contributed by atoms with E-state index in [1.54, 1.807) is 0 Å². The van der Waals surface area contributed by atoms with E-state index in [1.165, 1.54) is 17.7 Å². The van der Waals surface area contributed by atoms with Crippen LogP contribution in [0.2, 0.25) is 0 Å². The smallest absolute Gasteiger partial charge is 0.132 e. The number of hydrogen-bond donors (Lipinski definition) is 1. The zero-order chi connectivity index (χ0) is 11.5. The molecule has 0 fully saturated rings. The number of nitrogens with one attached hydrogen (secondary N) is 1. The minimum absolute atomic E-state index is 0.926. The van der Waals surface area contributed by atoms with Crippen molar-refractivity contribution in [2.75, 3.05) is 33.0 Å². The third-order valence-corrected chi connectivity index (χ3v) is 3.00. The summed E-state index contributed by atoms with van der Waals surface area (Å²) in [5, 5.41) is 3.19. The monoisotopic (exact) mass is 220 g/mol. The molecule has 0 bridgehead atoms. The minimum Gasteiger partial charge on any atom is -0.373 e. The summed E-state index contributed by atoms with van der Waals surface area (Å²) in [5.74, 6) is 2.01. The van der Waals surface area contributed by atoms with Crippen LogP contribution < -0.4 is 5.32 Å². The first-order chi connectivity index (χ1) is 7.70. The lowest BCUT2D eigenvalue weighted by molar-refractivity contribution is 0.409. The Morgan fingerprint density at radius 3 is 2.75 bits per heavy atom. The summed E-state index contributed by atoms with van der Waals surface area (Å²) >= 11 is 0. The second-order valence-corrected chi connectivity index (χ2v) is 4.57. The number of hydrogen-bond acceptors (Lipinski definition) is 4. The van der Waals surface area contributed by atoms with E-state index < -0.39 is 0 Å². The molecule has 1 aliphatic carbocycles. The fourth-order valence-corrected chi connectivity index (χ4v) is 2.13. The zero-order valence-corrected chi connectivity index (χ0v) is 10.4. The van der Waals surface area contributed by atoms with Crippen molar-refractivity contribution < 1.29 is 0 Å². The standard InChI is InChI=1S/C12H20N4/c1-13-12-9-5-4-6-10(9)14-11(15-12)7-8-16(2)3/h4-8H2,1-3H3,(H,13,14,15). The minimum atomic E-state index is 0.926. The summed E-state index contributed by atoms with van der Waals surface area (Å²) in [6.07, 6.45) is 4.38. The van der Waals surface area contributed by atoms with Gasteiger partial charge in [0.15, 0.2) is 0 Å². The molecule has 0 spiro atoms. The zero-order valence-electron chi connectivity index (χ0n) is 10.4. The maximum Gasteiger partial charge on any atom is 0.132 e. The van der Waals surface area contributed by atoms with Gasteiger partial charge in [-0.3, -0.25) is 0 Å². The van der Waals surface area contributed by atoms with Crippen LogP contribution in [0.1, 0.15) is 23.5 Å². The van der Waals surface area contributed by atoms with Gasteiger partial charge in [-0.15, -0.1) is 0 Å². The molecule has 1 heterocycles. The van der Waals surface area contributed by atoms with Crippen LogP contribution in [0, 0.1) is 0 Å². The molecule has 1 aromatic rings. The van der Waals surface area contributed by atoms with Crippen molar-refractivity contribution in [3.8, 4) is 0 Å². The number of likely N-dealkylation sites (N-methyl/N-ethyl adjacent to an activating group) is 1. The first kappa shape index (κ1) is 11.3. The quantitative estimate of drug-likeness (QED) is 0.825. The fourth-order valence-electron chi connectivity index (χ4n) is 2.13. The van der Waals surface area contributed by atoms with E-state index in [4.69, 9.17) is 0 Å². The summed E-state index contributed by atoms with van der Waals surface area (Å²) < 4.78 is 0. The molecule has 0 unspecified atom stereocenters. The predicted octanol–water partition coefficient (Wildman–Crippen LogP) is 1.11. The second kappa shape index (κ2) is 4.78. The molecule has 2 rings (SSSR count). The van der Waals surface area contributed by atoms with Crippen LogP contribution >= 0.6 is 0 Å². The van der Waals surface area contributed by atoms with E-state index >= 15 is 0 Å². The highest BCUT2D eigenvalue weighted by molar-refractivity contribution is 5.48. The number of aryl methyl sites for hydroxylation is 1. The first-order valence-electron chi connectivity index (χ1n) is 5.92. The molecule has 0 aromatic carbocycles. The summed E-state index contributed by atoms with van der Waals surface area (Å²) in [4.78, 5) is 11.4. The predicted molar refractivity (Wildman–Crippen MR) is 65.9 cm³/mol. The van der Waals surface area contributed by atoms with Crippen molar-refractivity contribution in [3.05, 3.63) is 17.1 Å². The number of fused-ring (bicyclic) bond motifs is 1. The van der Waals surface area contributed by atoms with E-state index in [0.29, 0.717) is 0 Å². The van der Waals surface area contributed by atoms with E-state index in [9.17, 15) is 0 Å². The molecule has 4 nitrogen and oxygen atoms in total. The molecule has 0 aliphatic heterocycles. The van der Waals surface area contributed by atoms with Crippen LogP contribution in [0.4, 0.5) is 5.82 Å². The Morgan fingerprint density at radius 2 is 2.06 bits per heavy atom. The first-order valence-corrected chi connectivity index (χ1v) is 5.92. The molecule has 0 saturated heterocycles. The Labute approximate surface area is 97.1 Å². The van der Waals surface area contributed by atoms with Crippen LogP contribution in [-0.2, 0) is 19.3 Å². The highest BCUT2D eigenvalue weighted by atomic mass is 15.1. The van der Waals surface area contributed by atoms with Gasteiger partial charge in [0.1, 0.15) is 11.6 Å². The average Bonchev–Trinajstić information content (AvgIpc) is 2.73. The van der Waals surface area contributed by atoms with Gasteiger partial charge in [-0.2, -0.15) is 0 Å². The van der Waals surface area contributed by atoms with Crippen LogP contribution in [0.3, 0.4) is 0 Å². The molecule has 1 N–H and O–H groups in total. The Kier molecular flexibility index (Phi) is 3.39. The van der Waals surface area contributed by atoms with Gasteiger partial charge in [0.25, 0.3) is 0 Å². The summed E-state index contributed by atoms with van der Waals surface area (Å²) in [6.45, 7) is 1.00. The van der Waals surface area contributed by atoms with Gasteiger partial charge in [-0.25, -0.2) is 9.97 Å². The molecule has 1 aromatic heterocycles. The maximum absolute atomic E-state index is 4.66. The average molecular weight is 220 g/mol. The Balaban J connectivity index is 2.20. The lowest BCUT2D eigenvalue weighted by Gasteiger charge is -2.11. The highest BCUT2D eigenvalue weighted by Crippen LogP contribution is 2.25. The summed E-state index contributed by atoms with van der Waals surface area (Å²) in [6, 6.07) is 0. The molecular formula is C12H20N4. The molecule has 1 aliphatic rings. The number of nitrogens with zero attached hydrogens (tertiary/aromatic N) is 3. The van der Waals surface area contributed by atoms with Crippen molar-refractivity contribution in [2.24, 2.45) is 0 Å². The molecular weight excluding hydrogens is 200 g/mol. The molecule has 0 amide bonds. The van der Waals surface area contributed by atoms with E-state index in [2.05, 4.69) is 34.3 Å². The van der Waals surface area contributed by atoms with Crippen LogP contribution in [-0.4, -0.2) is 42.6 Å². The number of aromatic nitrogens is 2. The van der Waals surface area contributed by atoms with Crippen molar-refractivity contribution in [3.63, 3.8) is 0 Å². The largest absolute Gasteiger partial charge is 0.373 e. The van der Waals surface area contributed by atoms with Crippen LogP contribution in [0.15, 0.2) is 0 Å². The third-order valence-electron chi connectivity index (χ3n) is 3.00. The van der Waals surface area contributed by atoms with Gasteiger partial charge < -0.3 is 10.2 Å². The lowest BCUT2D eigenvalue weighted by Crippen LogP contribution is -2.17. The highest BCUT2D eigenvalue weighted by Gasteiger charge is 2.18. The Morgan fingerprint density at radius 1 is 1.25 bits per heavy atom. The van der Waals surface area contributed by atoms with E-state index in [-0.39, 0.29) is 0 Å². The van der Waals surface area contributed by atoms with Crippen LogP contribution in [0.5, 0.6) is 0 Å². The maximum atomic E-state index is 4.66. The van der Waals surface area contributed by atoms with Crippen molar-refractivity contribution in [1.82, 2.24) is 14.9 Å². The molecule has 0 radical (unpaired) electrons. The van der Waals surface area contributed by atoms with Gasteiger partial charge >= 0.3 is 0 Å². The molecule has 0 saturated carbocycles. The van der Waals surface area contributed by atoms with Gasteiger partial charge in [-0.05, 0) is 33.4 Å². The Bertz CT molecular complexity index is 374. The van der Waals surface area contributed by atoms with E-state index in [1.807, 2.05) is 7.05 Å². The summed E-state index contributed by atoms with van der Waals surface area (Å²) in [5.41, 5.74) is 2.59. The summed E-state index contributed by atoms with van der Waals surface area (Å²) in [7, 11) is 6.09. The molecule has 0 atom stereocenters. The lowest BCUT2D eigenvalue weighted by atomic mass is 10.2. The molecule has 88 valence electrons. The normalized spacial score (nSPS) is 14.2. The number of rotatable bonds is 4. The van der Waals surface area contributed by atoms with Crippen molar-refractivity contribution in [1.29, 1.82) is 0 Å². The Hall–Kier alpha value is -1.16. The van der Waals surface area contributed by atoms with Gasteiger partial charge in [-0.1, -0.05) is 0 Å². The fraction of sp³-hybridized carbons (Fsp3) is 0.667. The van der Waals surface area contributed by atoms with Gasteiger partial charge in [0, 0.05) is 31.3 Å². The van der Waals surface area contributed by atoms with Crippen LogP contribution in [0.25, 0.3) is 0 Å². The van der Waals surface area contributed by atoms with E-state index in [0.717, 1.165) is 37.4 Å². The SMILES string of the molecule is CNc1nc(CCN(C)C)nc2c1CCC2. The number of anilines is 1. The molecule has 4 heteroatoms. The van der Waals surface area contributed by atoms with Gasteiger partial charge in [0.05, 0.1) is 0 Å². The molecule has 16 heavy (non-hydrogen) atoms.